The summed E-state index contributed by atoms with van der Waals surface area (Å²) in [7, 11) is 1.63. The second kappa shape index (κ2) is 8.13. The minimum atomic E-state index is -0.466. The van der Waals surface area contributed by atoms with Gasteiger partial charge in [0.05, 0.1) is 18.6 Å². The first-order valence-electron chi connectivity index (χ1n) is 7.36. The molecule has 3 rings (SSSR count). The Kier molecular flexibility index (Phi) is 5.67. The zero-order chi connectivity index (χ0) is 17.6. The summed E-state index contributed by atoms with van der Waals surface area (Å²) in [5.74, 6) is -0.0121. The van der Waals surface area contributed by atoms with Crippen LogP contribution in [0, 0.1) is 0 Å². The summed E-state index contributed by atoms with van der Waals surface area (Å²) >= 11 is 2.78. The number of carbonyl (C=O) groups excluding carboxylic acids is 2. The van der Waals surface area contributed by atoms with Crippen LogP contribution in [-0.2, 0) is 20.9 Å². The molecule has 0 atom stereocenters. The molecule has 0 radical (unpaired) electrons. The molecule has 0 aliphatic heterocycles. The topological polar surface area (TPSA) is 85.5 Å². The second-order valence-corrected chi connectivity index (χ2v) is 6.96. The highest BCUT2D eigenvalue weighted by molar-refractivity contribution is 8.00. The van der Waals surface area contributed by atoms with Crippen LogP contribution < -0.4 is 0 Å². The second-order valence-electron chi connectivity index (χ2n) is 5.10. The van der Waals surface area contributed by atoms with Crippen molar-refractivity contribution in [1.82, 2.24) is 14.9 Å². The van der Waals surface area contributed by atoms with Crippen molar-refractivity contribution in [2.75, 3.05) is 19.4 Å². The largest absolute Gasteiger partial charge is 0.467 e. The third-order valence-corrected chi connectivity index (χ3v) is 5.11. The normalized spacial score (nSPS) is 10.8. The van der Waals surface area contributed by atoms with Crippen LogP contribution >= 0.6 is 23.1 Å². The highest BCUT2D eigenvalue weighted by Gasteiger charge is 2.14. The fraction of sp³-hybridized carbons (Fsp3) is 0.250. The van der Waals surface area contributed by atoms with Gasteiger partial charge in [0, 0.05) is 12.4 Å². The van der Waals surface area contributed by atoms with E-state index in [-0.39, 0.29) is 18.3 Å². The van der Waals surface area contributed by atoms with E-state index < -0.39 is 5.97 Å². The lowest BCUT2D eigenvalue weighted by molar-refractivity contribution is -0.149. The molecular formula is C16H15N3O4S2. The number of thiophene rings is 1. The lowest BCUT2D eigenvalue weighted by Crippen LogP contribution is -2.30. The summed E-state index contributed by atoms with van der Waals surface area (Å²) in [4.78, 5) is 34.5. The van der Waals surface area contributed by atoms with E-state index in [1.54, 1.807) is 25.4 Å². The van der Waals surface area contributed by atoms with E-state index in [1.807, 2.05) is 11.4 Å². The molecule has 0 saturated carbocycles. The Labute approximate surface area is 152 Å². The molecule has 0 aromatic carbocycles. The van der Waals surface area contributed by atoms with Gasteiger partial charge in [-0.1, -0.05) is 11.8 Å². The van der Waals surface area contributed by atoms with E-state index >= 15 is 0 Å². The summed E-state index contributed by atoms with van der Waals surface area (Å²) in [5, 5.41) is 3.57. The number of esters is 1. The smallest absolute Gasteiger partial charge is 0.316 e. The molecule has 0 bridgehead atoms. The number of fused-ring (bicyclic) bond motifs is 1. The summed E-state index contributed by atoms with van der Waals surface area (Å²) in [6.07, 6.45) is 3.02. The van der Waals surface area contributed by atoms with Crippen LogP contribution in [-0.4, -0.2) is 46.2 Å². The van der Waals surface area contributed by atoms with Crippen molar-refractivity contribution in [3.05, 3.63) is 41.9 Å². The molecule has 0 aliphatic rings. The third-order valence-electron chi connectivity index (χ3n) is 3.31. The number of rotatable bonds is 7. The Balaban J connectivity index is 1.45. The molecule has 130 valence electrons. The number of furan rings is 1. The van der Waals surface area contributed by atoms with Crippen LogP contribution in [0.5, 0.6) is 0 Å². The van der Waals surface area contributed by atoms with Gasteiger partial charge < -0.3 is 14.1 Å². The van der Waals surface area contributed by atoms with E-state index in [0.717, 1.165) is 15.2 Å². The summed E-state index contributed by atoms with van der Waals surface area (Å²) < 4.78 is 10.2. The quantitative estimate of drug-likeness (QED) is 0.355. The average Bonchev–Trinajstić information content (AvgIpc) is 3.29. The van der Waals surface area contributed by atoms with Crippen LogP contribution in [0.3, 0.4) is 0 Å². The van der Waals surface area contributed by atoms with Gasteiger partial charge in [0.1, 0.15) is 21.9 Å². The summed E-state index contributed by atoms with van der Waals surface area (Å²) in [5.41, 5.74) is 0. The van der Waals surface area contributed by atoms with Crippen molar-refractivity contribution < 1.29 is 18.7 Å². The third kappa shape index (κ3) is 4.58. The SMILES string of the molecule is CN(Cc1ccco1)C(=O)COC(=O)CSc1ncnc2sccc12. The highest BCUT2D eigenvalue weighted by Crippen LogP contribution is 2.27. The summed E-state index contributed by atoms with van der Waals surface area (Å²) in [6, 6.07) is 5.45. The maximum Gasteiger partial charge on any atom is 0.316 e. The van der Waals surface area contributed by atoms with Gasteiger partial charge in [-0.2, -0.15) is 0 Å². The molecule has 25 heavy (non-hydrogen) atoms. The molecule has 7 nitrogen and oxygen atoms in total. The molecule has 3 aromatic heterocycles. The van der Waals surface area contributed by atoms with E-state index in [4.69, 9.17) is 9.15 Å². The minimum Gasteiger partial charge on any atom is -0.467 e. The van der Waals surface area contributed by atoms with E-state index in [9.17, 15) is 9.59 Å². The van der Waals surface area contributed by atoms with Crippen LogP contribution in [0.2, 0.25) is 0 Å². The van der Waals surface area contributed by atoms with Crippen molar-refractivity contribution in [3.63, 3.8) is 0 Å². The number of nitrogens with zero attached hydrogens (tertiary/aromatic N) is 3. The van der Waals surface area contributed by atoms with Crippen LogP contribution in [0.4, 0.5) is 0 Å². The molecule has 0 unspecified atom stereocenters. The number of likely N-dealkylation sites (N-methyl/N-ethyl adjacent to an activating group) is 1. The average molecular weight is 377 g/mol. The Hall–Kier alpha value is -2.39. The zero-order valence-electron chi connectivity index (χ0n) is 13.4. The minimum absolute atomic E-state index is 0.0805. The van der Waals surface area contributed by atoms with Crippen molar-refractivity contribution in [2.45, 2.75) is 11.6 Å². The van der Waals surface area contributed by atoms with E-state index in [2.05, 4.69) is 9.97 Å². The monoisotopic (exact) mass is 377 g/mol. The van der Waals surface area contributed by atoms with Crippen molar-refractivity contribution in [2.24, 2.45) is 0 Å². The lowest BCUT2D eigenvalue weighted by atomic mass is 10.4. The van der Waals surface area contributed by atoms with Gasteiger partial charge in [-0.25, -0.2) is 9.97 Å². The fourth-order valence-corrected chi connectivity index (χ4v) is 3.61. The first-order chi connectivity index (χ1) is 12.1. The Morgan fingerprint density at radius 3 is 3.04 bits per heavy atom. The molecule has 3 heterocycles. The molecule has 3 aromatic rings. The van der Waals surface area contributed by atoms with Crippen molar-refractivity contribution in [3.8, 4) is 0 Å². The van der Waals surface area contributed by atoms with Gasteiger partial charge in [0.25, 0.3) is 5.91 Å². The fourth-order valence-electron chi connectivity index (χ4n) is 2.03. The van der Waals surface area contributed by atoms with Gasteiger partial charge in [0.15, 0.2) is 6.61 Å². The predicted molar refractivity (Wildman–Crippen MR) is 94.3 cm³/mol. The number of thioether (sulfide) groups is 1. The maximum absolute atomic E-state index is 12.0. The molecule has 1 amide bonds. The number of hydrogen-bond acceptors (Lipinski definition) is 8. The molecule has 0 fully saturated rings. The van der Waals surface area contributed by atoms with E-state index in [1.165, 1.54) is 34.3 Å². The lowest BCUT2D eigenvalue weighted by Gasteiger charge is -2.15. The Morgan fingerprint density at radius 1 is 1.36 bits per heavy atom. The van der Waals surface area contributed by atoms with E-state index in [0.29, 0.717) is 12.3 Å². The van der Waals surface area contributed by atoms with Crippen molar-refractivity contribution >= 4 is 45.2 Å². The Bertz CT molecular complexity index is 863. The van der Waals surface area contributed by atoms with Crippen molar-refractivity contribution in [1.29, 1.82) is 0 Å². The Morgan fingerprint density at radius 2 is 2.24 bits per heavy atom. The van der Waals surface area contributed by atoms with Gasteiger partial charge in [-0.15, -0.1) is 11.3 Å². The summed E-state index contributed by atoms with van der Waals surface area (Å²) in [6.45, 7) is 0.0312. The molecular weight excluding hydrogens is 362 g/mol. The number of aromatic nitrogens is 2. The van der Waals surface area contributed by atoms with Gasteiger partial charge >= 0.3 is 5.97 Å². The number of carbonyl (C=O) groups is 2. The predicted octanol–water partition coefficient (Wildman–Crippen LogP) is 2.58. The maximum atomic E-state index is 12.0. The first-order valence-corrected chi connectivity index (χ1v) is 9.23. The van der Waals surface area contributed by atoms with Gasteiger partial charge in [-0.05, 0) is 23.6 Å². The van der Waals surface area contributed by atoms with Crippen LogP contribution in [0.15, 0.2) is 45.6 Å². The number of ether oxygens (including phenoxy) is 1. The molecule has 0 saturated heterocycles. The zero-order valence-corrected chi connectivity index (χ0v) is 15.0. The first kappa shape index (κ1) is 17.4. The standard InChI is InChI=1S/C16H15N3O4S2/c1-19(7-11-3-2-5-22-11)13(20)8-23-14(21)9-25-16-12-4-6-24-15(12)17-10-18-16/h2-6,10H,7-9H2,1H3. The highest BCUT2D eigenvalue weighted by atomic mass is 32.2. The number of hydrogen-bond donors (Lipinski definition) is 0. The molecule has 0 N–H and O–H groups in total. The van der Waals surface area contributed by atoms with Gasteiger partial charge in [-0.3, -0.25) is 9.59 Å². The molecule has 0 spiro atoms. The molecule has 9 heteroatoms. The number of amides is 1. The molecule has 0 aliphatic carbocycles. The van der Waals surface area contributed by atoms with Crippen LogP contribution in [0.1, 0.15) is 5.76 Å². The van der Waals surface area contributed by atoms with Crippen LogP contribution in [0.25, 0.3) is 10.2 Å². The van der Waals surface area contributed by atoms with Gasteiger partial charge in [0.2, 0.25) is 0 Å².